The van der Waals surface area contributed by atoms with Gasteiger partial charge in [0.05, 0.1) is 0 Å². The highest BCUT2D eigenvalue weighted by molar-refractivity contribution is 7.99. The molecule has 0 atom stereocenters. The lowest BCUT2D eigenvalue weighted by Crippen LogP contribution is -2.16. The van der Waals surface area contributed by atoms with Gasteiger partial charge in [0.1, 0.15) is 5.03 Å². The first-order valence-corrected chi connectivity index (χ1v) is 6.60. The average molecular weight is 263 g/mol. The molecule has 94 valence electrons. The van der Waals surface area contributed by atoms with E-state index in [-0.39, 0.29) is 5.69 Å². The zero-order valence-electron chi connectivity index (χ0n) is 9.67. The third-order valence-corrected chi connectivity index (χ3v) is 3.87. The van der Waals surface area contributed by atoms with Gasteiger partial charge in [0.15, 0.2) is 5.16 Å². The minimum atomic E-state index is -0.148. The highest BCUT2D eigenvalue weighted by Gasteiger charge is 2.29. The second-order valence-corrected chi connectivity index (χ2v) is 5.14. The third-order valence-electron chi connectivity index (χ3n) is 2.84. The lowest BCUT2D eigenvalue weighted by Gasteiger charge is -2.06. The van der Waals surface area contributed by atoms with Gasteiger partial charge in [0.2, 0.25) is 0 Å². The summed E-state index contributed by atoms with van der Waals surface area (Å²) in [5.74, 6) is 0. The molecular weight excluding hydrogens is 250 g/mol. The first kappa shape index (κ1) is 11.5. The normalized spacial score (nSPS) is 14.9. The Bertz CT molecular complexity index is 616. The minimum absolute atomic E-state index is 0.148. The molecule has 0 unspecified atom stereocenters. The summed E-state index contributed by atoms with van der Waals surface area (Å²) < 4.78 is 1.71. The van der Waals surface area contributed by atoms with Crippen molar-refractivity contribution in [2.24, 2.45) is 5.73 Å². The molecule has 6 nitrogen and oxygen atoms in total. The molecule has 18 heavy (non-hydrogen) atoms. The number of rotatable bonds is 4. The van der Waals surface area contributed by atoms with Crippen molar-refractivity contribution in [2.45, 2.75) is 35.6 Å². The van der Waals surface area contributed by atoms with Gasteiger partial charge in [-0.3, -0.25) is 4.57 Å². The Kier molecular flexibility index (Phi) is 2.92. The van der Waals surface area contributed by atoms with Gasteiger partial charge in [-0.25, -0.2) is 14.9 Å². The molecule has 0 radical (unpaired) electrons. The molecule has 0 spiro atoms. The predicted octanol–water partition coefficient (Wildman–Crippen LogP) is 0.911. The van der Waals surface area contributed by atoms with E-state index in [2.05, 4.69) is 15.2 Å². The molecule has 1 aliphatic rings. The van der Waals surface area contributed by atoms with Gasteiger partial charge in [-0.1, -0.05) is 6.07 Å². The summed E-state index contributed by atoms with van der Waals surface area (Å²) in [5, 5.41) is 8.02. The first-order valence-electron chi connectivity index (χ1n) is 5.78. The van der Waals surface area contributed by atoms with Crippen molar-refractivity contribution >= 4 is 11.8 Å². The van der Waals surface area contributed by atoms with Crippen molar-refractivity contribution in [3.63, 3.8) is 0 Å². The number of pyridine rings is 1. The molecule has 0 aromatic carbocycles. The molecule has 0 bridgehead atoms. The molecule has 1 aliphatic carbocycles. The Morgan fingerprint density at radius 2 is 2.39 bits per heavy atom. The summed E-state index contributed by atoms with van der Waals surface area (Å²) in [6.07, 6.45) is 3.80. The first-order chi connectivity index (χ1) is 8.79. The summed E-state index contributed by atoms with van der Waals surface area (Å²) in [7, 11) is 0. The van der Waals surface area contributed by atoms with Crippen molar-refractivity contribution in [3.05, 3.63) is 34.4 Å². The third kappa shape index (κ3) is 2.06. The SMILES string of the molecule is NCc1cccnc1Sc1n[nH]c(=O)n1C1CC1. The van der Waals surface area contributed by atoms with E-state index in [9.17, 15) is 4.79 Å². The fourth-order valence-electron chi connectivity index (χ4n) is 1.77. The van der Waals surface area contributed by atoms with Gasteiger partial charge in [0.25, 0.3) is 0 Å². The van der Waals surface area contributed by atoms with E-state index in [0.29, 0.717) is 17.7 Å². The smallest absolute Gasteiger partial charge is 0.326 e. The van der Waals surface area contributed by atoms with E-state index in [1.54, 1.807) is 10.8 Å². The van der Waals surface area contributed by atoms with Crippen LogP contribution in [0.5, 0.6) is 0 Å². The number of H-pyrrole nitrogens is 1. The Labute approximate surface area is 108 Å². The molecule has 1 fully saturated rings. The van der Waals surface area contributed by atoms with E-state index < -0.39 is 0 Å². The second kappa shape index (κ2) is 4.58. The van der Waals surface area contributed by atoms with Crippen LogP contribution in [0.25, 0.3) is 0 Å². The Balaban J connectivity index is 1.95. The number of nitrogens with zero attached hydrogens (tertiary/aromatic N) is 3. The topological polar surface area (TPSA) is 89.6 Å². The lowest BCUT2D eigenvalue weighted by molar-refractivity contribution is 0.642. The molecule has 1 saturated carbocycles. The van der Waals surface area contributed by atoms with Crippen LogP contribution in [0.15, 0.2) is 33.3 Å². The van der Waals surface area contributed by atoms with Crippen molar-refractivity contribution in [3.8, 4) is 0 Å². The molecular formula is C11H13N5OS. The van der Waals surface area contributed by atoms with Crippen LogP contribution < -0.4 is 11.4 Å². The van der Waals surface area contributed by atoms with Crippen LogP contribution in [0, 0.1) is 0 Å². The number of nitrogens with two attached hydrogens (primary N) is 1. The van der Waals surface area contributed by atoms with E-state index in [1.807, 2.05) is 12.1 Å². The number of aromatic nitrogens is 4. The maximum Gasteiger partial charge on any atom is 0.344 e. The van der Waals surface area contributed by atoms with E-state index in [0.717, 1.165) is 23.4 Å². The van der Waals surface area contributed by atoms with Gasteiger partial charge in [-0.05, 0) is 36.2 Å². The standard InChI is InChI=1S/C11H13N5OS/c12-6-7-2-1-5-13-9(7)18-11-15-14-10(17)16(11)8-3-4-8/h1-2,5,8H,3-4,6,12H2,(H,14,17). The quantitative estimate of drug-likeness (QED) is 0.855. The maximum atomic E-state index is 11.7. The zero-order valence-corrected chi connectivity index (χ0v) is 10.5. The molecule has 2 heterocycles. The Hall–Kier alpha value is -1.60. The average Bonchev–Trinajstić information content (AvgIpc) is 3.16. The van der Waals surface area contributed by atoms with Crippen LogP contribution in [-0.2, 0) is 6.54 Å². The van der Waals surface area contributed by atoms with Gasteiger partial charge in [-0.15, -0.1) is 5.10 Å². The predicted molar refractivity (Wildman–Crippen MR) is 67.4 cm³/mol. The Morgan fingerprint density at radius 3 is 3.11 bits per heavy atom. The molecule has 2 aromatic rings. The van der Waals surface area contributed by atoms with E-state index in [4.69, 9.17) is 5.73 Å². The fraction of sp³-hybridized carbons (Fsp3) is 0.364. The van der Waals surface area contributed by atoms with Gasteiger partial charge < -0.3 is 5.73 Å². The van der Waals surface area contributed by atoms with Crippen LogP contribution in [0.2, 0.25) is 0 Å². The van der Waals surface area contributed by atoms with Crippen molar-refractivity contribution in [2.75, 3.05) is 0 Å². The van der Waals surface area contributed by atoms with Crippen LogP contribution in [0.1, 0.15) is 24.4 Å². The van der Waals surface area contributed by atoms with Crippen molar-refractivity contribution in [1.29, 1.82) is 0 Å². The van der Waals surface area contributed by atoms with Crippen LogP contribution >= 0.6 is 11.8 Å². The summed E-state index contributed by atoms with van der Waals surface area (Å²) in [5.41, 5.74) is 6.48. The summed E-state index contributed by atoms with van der Waals surface area (Å²) in [6, 6.07) is 4.08. The molecule has 0 saturated heterocycles. The highest BCUT2D eigenvalue weighted by Crippen LogP contribution is 2.37. The van der Waals surface area contributed by atoms with Crippen LogP contribution in [0.4, 0.5) is 0 Å². The number of hydrogen-bond donors (Lipinski definition) is 2. The summed E-state index contributed by atoms with van der Waals surface area (Å²) >= 11 is 1.38. The van der Waals surface area contributed by atoms with Crippen LogP contribution in [0.3, 0.4) is 0 Å². The number of hydrogen-bond acceptors (Lipinski definition) is 5. The summed E-state index contributed by atoms with van der Waals surface area (Å²) in [4.78, 5) is 15.9. The Morgan fingerprint density at radius 1 is 1.56 bits per heavy atom. The van der Waals surface area contributed by atoms with Crippen LogP contribution in [-0.4, -0.2) is 19.7 Å². The highest BCUT2D eigenvalue weighted by atomic mass is 32.2. The monoisotopic (exact) mass is 263 g/mol. The minimum Gasteiger partial charge on any atom is -0.326 e. The summed E-state index contributed by atoms with van der Waals surface area (Å²) in [6.45, 7) is 0.425. The van der Waals surface area contributed by atoms with Crippen molar-refractivity contribution < 1.29 is 0 Å². The maximum absolute atomic E-state index is 11.7. The van der Waals surface area contributed by atoms with Gasteiger partial charge >= 0.3 is 5.69 Å². The number of nitrogens with one attached hydrogen (secondary N) is 1. The lowest BCUT2D eigenvalue weighted by atomic mass is 10.3. The largest absolute Gasteiger partial charge is 0.344 e. The molecule has 3 rings (SSSR count). The molecule has 3 N–H and O–H groups in total. The van der Waals surface area contributed by atoms with E-state index in [1.165, 1.54) is 11.8 Å². The number of aromatic amines is 1. The van der Waals surface area contributed by atoms with Gasteiger partial charge in [0, 0.05) is 18.8 Å². The molecule has 0 amide bonds. The zero-order chi connectivity index (χ0) is 12.5. The fourth-order valence-corrected chi connectivity index (χ4v) is 2.77. The molecule has 7 heteroatoms. The van der Waals surface area contributed by atoms with Gasteiger partial charge in [-0.2, -0.15) is 0 Å². The molecule has 0 aliphatic heterocycles. The molecule has 2 aromatic heterocycles. The second-order valence-electron chi connectivity index (χ2n) is 4.19. The van der Waals surface area contributed by atoms with E-state index >= 15 is 0 Å². The van der Waals surface area contributed by atoms with Crippen molar-refractivity contribution in [1.82, 2.24) is 19.7 Å².